The van der Waals surface area contributed by atoms with Crippen molar-refractivity contribution in [1.82, 2.24) is 0 Å². The van der Waals surface area contributed by atoms with Gasteiger partial charge in [0.05, 0.1) is 12.1 Å². The fourth-order valence-corrected chi connectivity index (χ4v) is 2.04. The van der Waals surface area contributed by atoms with Crippen LogP contribution in [-0.4, -0.2) is 16.8 Å². The minimum absolute atomic E-state index is 0.197. The third-order valence-electron chi connectivity index (χ3n) is 3.16. The molecule has 0 amide bonds. The standard InChI is InChI=1S/C15H23NO2/c1-15(2,3)18-12-8-6-10(7-9-12)13(16)14(17)11-4-5-11/h6-9,11,13-14,17H,4-5,16H2,1-3H3/t13-,14+/m0/s1. The molecule has 3 heteroatoms. The molecule has 0 aromatic heterocycles. The predicted octanol–water partition coefficient (Wildman–Crippen LogP) is 2.63. The third kappa shape index (κ3) is 3.47. The van der Waals surface area contributed by atoms with Gasteiger partial charge in [0.15, 0.2) is 0 Å². The van der Waals surface area contributed by atoms with Crippen molar-refractivity contribution in [3.63, 3.8) is 0 Å². The van der Waals surface area contributed by atoms with E-state index in [0.717, 1.165) is 24.2 Å². The van der Waals surface area contributed by atoms with E-state index >= 15 is 0 Å². The van der Waals surface area contributed by atoms with E-state index in [2.05, 4.69) is 0 Å². The molecule has 0 saturated heterocycles. The van der Waals surface area contributed by atoms with Crippen molar-refractivity contribution in [1.29, 1.82) is 0 Å². The van der Waals surface area contributed by atoms with Gasteiger partial charge < -0.3 is 15.6 Å². The smallest absolute Gasteiger partial charge is 0.120 e. The summed E-state index contributed by atoms with van der Waals surface area (Å²) in [4.78, 5) is 0. The molecule has 1 aromatic rings. The van der Waals surface area contributed by atoms with Crippen LogP contribution in [0, 0.1) is 5.92 Å². The van der Waals surface area contributed by atoms with Crippen LogP contribution < -0.4 is 10.5 Å². The highest BCUT2D eigenvalue weighted by molar-refractivity contribution is 5.30. The van der Waals surface area contributed by atoms with E-state index in [-0.39, 0.29) is 11.6 Å². The summed E-state index contributed by atoms with van der Waals surface area (Å²) in [5.74, 6) is 1.23. The maximum Gasteiger partial charge on any atom is 0.120 e. The van der Waals surface area contributed by atoms with Gasteiger partial charge in [-0.25, -0.2) is 0 Å². The lowest BCUT2D eigenvalue weighted by molar-refractivity contribution is 0.121. The average molecular weight is 249 g/mol. The lowest BCUT2D eigenvalue weighted by atomic mass is 9.99. The van der Waals surface area contributed by atoms with Gasteiger partial charge >= 0.3 is 0 Å². The van der Waals surface area contributed by atoms with Crippen LogP contribution in [0.25, 0.3) is 0 Å². The normalized spacial score (nSPS) is 19.4. The zero-order valence-corrected chi connectivity index (χ0v) is 11.4. The first-order valence-corrected chi connectivity index (χ1v) is 6.59. The largest absolute Gasteiger partial charge is 0.488 e. The van der Waals surface area contributed by atoms with Gasteiger partial charge in [0.1, 0.15) is 11.4 Å². The summed E-state index contributed by atoms with van der Waals surface area (Å²) in [7, 11) is 0. The van der Waals surface area contributed by atoms with E-state index in [0.29, 0.717) is 5.92 Å². The maximum atomic E-state index is 10.0. The van der Waals surface area contributed by atoms with Gasteiger partial charge in [0.2, 0.25) is 0 Å². The first kappa shape index (κ1) is 13.4. The molecule has 1 saturated carbocycles. The molecular formula is C15H23NO2. The SMILES string of the molecule is CC(C)(C)Oc1ccc([C@H](N)[C@H](O)C2CC2)cc1. The molecule has 3 N–H and O–H groups in total. The zero-order chi connectivity index (χ0) is 13.3. The first-order valence-electron chi connectivity index (χ1n) is 6.59. The van der Waals surface area contributed by atoms with Crippen LogP contribution in [0.2, 0.25) is 0 Å². The third-order valence-corrected chi connectivity index (χ3v) is 3.16. The second-order valence-corrected chi connectivity index (χ2v) is 6.14. The Bertz CT molecular complexity index is 390. The van der Waals surface area contributed by atoms with Crippen molar-refractivity contribution >= 4 is 0 Å². The molecule has 0 aliphatic heterocycles. The fraction of sp³-hybridized carbons (Fsp3) is 0.600. The summed E-state index contributed by atoms with van der Waals surface area (Å²) in [6.07, 6.45) is 1.78. The summed E-state index contributed by atoms with van der Waals surface area (Å²) in [6.45, 7) is 6.05. The Morgan fingerprint density at radius 1 is 1.22 bits per heavy atom. The number of aliphatic hydroxyl groups excluding tert-OH is 1. The quantitative estimate of drug-likeness (QED) is 0.862. The van der Waals surface area contributed by atoms with Crippen molar-refractivity contribution in [3.05, 3.63) is 29.8 Å². The van der Waals surface area contributed by atoms with Crippen LogP contribution in [-0.2, 0) is 0 Å². The van der Waals surface area contributed by atoms with Crippen molar-refractivity contribution in [3.8, 4) is 5.75 Å². The van der Waals surface area contributed by atoms with Crippen LogP contribution in [0.1, 0.15) is 45.2 Å². The molecule has 2 rings (SSSR count). The Hall–Kier alpha value is -1.06. The van der Waals surface area contributed by atoms with E-state index in [4.69, 9.17) is 10.5 Å². The van der Waals surface area contributed by atoms with E-state index in [1.54, 1.807) is 0 Å². The molecule has 100 valence electrons. The monoisotopic (exact) mass is 249 g/mol. The molecule has 1 aromatic carbocycles. The topological polar surface area (TPSA) is 55.5 Å². The summed E-state index contributed by atoms with van der Waals surface area (Å²) in [6, 6.07) is 7.43. The Morgan fingerprint density at radius 3 is 2.22 bits per heavy atom. The Kier molecular flexibility index (Phi) is 3.64. The van der Waals surface area contributed by atoms with E-state index in [1.165, 1.54) is 0 Å². The van der Waals surface area contributed by atoms with Crippen molar-refractivity contribution in [2.75, 3.05) is 0 Å². The molecule has 1 aliphatic rings. The summed E-state index contributed by atoms with van der Waals surface area (Å²) in [5, 5.41) is 10.0. The summed E-state index contributed by atoms with van der Waals surface area (Å²) < 4.78 is 5.75. The maximum absolute atomic E-state index is 10.0. The number of aliphatic hydroxyl groups is 1. The molecular weight excluding hydrogens is 226 g/mol. The number of ether oxygens (including phenoxy) is 1. The van der Waals surface area contributed by atoms with Gasteiger partial charge in [-0.2, -0.15) is 0 Å². The molecule has 1 fully saturated rings. The first-order chi connectivity index (χ1) is 8.37. The van der Waals surface area contributed by atoms with Gasteiger partial charge in [0, 0.05) is 0 Å². The molecule has 0 radical (unpaired) electrons. The highest BCUT2D eigenvalue weighted by Gasteiger charge is 2.34. The van der Waals surface area contributed by atoms with E-state index < -0.39 is 6.10 Å². The predicted molar refractivity (Wildman–Crippen MR) is 72.5 cm³/mol. The summed E-state index contributed by atoms with van der Waals surface area (Å²) >= 11 is 0. The van der Waals surface area contributed by atoms with Gasteiger partial charge in [-0.05, 0) is 57.2 Å². The lowest BCUT2D eigenvalue weighted by Gasteiger charge is -2.22. The molecule has 2 atom stereocenters. The number of hydrogen-bond donors (Lipinski definition) is 2. The van der Waals surface area contributed by atoms with Crippen LogP contribution in [0.3, 0.4) is 0 Å². The number of nitrogens with two attached hydrogens (primary N) is 1. The van der Waals surface area contributed by atoms with Gasteiger partial charge in [-0.15, -0.1) is 0 Å². The molecule has 0 bridgehead atoms. The Labute approximate surface area is 109 Å². The van der Waals surface area contributed by atoms with Crippen LogP contribution in [0.4, 0.5) is 0 Å². The minimum atomic E-state index is -0.417. The minimum Gasteiger partial charge on any atom is -0.488 e. The second-order valence-electron chi connectivity index (χ2n) is 6.14. The highest BCUT2D eigenvalue weighted by Crippen LogP contribution is 2.37. The number of hydrogen-bond acceptors (Lipinski definition) is 3. The van der Waals surface area contributed by atoms with Crippen LogP contribution >= 0.6 is 0 Å². The van der Waals surface area contributed by atoms with Gasteiger partial charge in [-0.1, -0.05) is 12.1 Å². The van der Waals surface area contributed by atoms with Gasteiger partial charge in [-0.3, -0.25) is 0 Å². The Morgan fingerprint density at radius 2 is 1.78 bits per heavy atom. The van der Waals surface area contributed by atoms with E-state index in [9.17, 15) is 5.11 Å². The lowest BCUT2D eigenvalue weighted by Crippen LogP contribution is -2.28. The highest BCUT2D eigenvalue weighted by atomic mass is 16.5. The van der Waals surface area contributed by atoms with Crippen LogP contribution in [0.15, 0.2) is 24.3 Å². The molecule has 0 unspecified atom stereocenters. The fourth-order valence-electron chi connectivity index (χ4n) is 2.04. The average Bonchev–Trinajstić information content (AvgIpc) is 3.10. The van der Waals surface area contributed by atoms with Crippen molar-refractivity contribution < 1.29 is 9.84 Å². The van der Waals surface area contributed by atoms with Gasteiger partial charge in [0.25, 0.3) is 0 Å². The second kappa shape index (κ2) is 4.90. The molecule has 0 heterocycles. The molecule has 18 heavy (non-hydrogen) atoms. The molecule has 0 spiro atoms. The van der Waals surface area contributed by atoms with Crippen molar-refractivity contribution in [2.24, 2.45) is 11.7 Å². The van der Waals surface area contributed by atoms with E-state index in [1.807, 2.05) is 45.0 Å². The zero-order valence-electron chi connectivity index (χ0n) is 11.4. The number of benzene rings is 1. The number of rotatable bonds is 4. The molecule has 3 nitrogen and oxygen atoms in total. The summed E-state index contributed by atoms with van der Waals surface area (Å²) in [5.41, 5.74) is 6.84. The molecule has 1 aliphatic carbocycles. The Balaban J connectivity index is 2.02. The van der Waals surface area contributed by atoms with Crippen LogP contribution in [0.5, 0.6) is 5.75 Å². The van der Waals surface area contributed by atoms with Crippen molar-refractivity contribution in [2.45, 2.75) is 51.4 Å².